The number of benzene rings is 1. The van der Waals surface area contributed by atoms with E-state index in [1.165, 1.54) is 5.56 Å². The lowest BCUT2D eigenvalue weighted by Crippen LogP contribution is -2.12. The second kappa shape index (κ2) is 5.34. The van der Waals surface area contributed by atoms with Gasteiger partial charge in [-0.2, -0.15) is 5.26 Å². The van der Waals surface area contributed by atoms with Gasteiger partial charge in [0.05, 0.1) is 6.20 Å². The normalized spacial score (nSPS) is 10.9. The molecule has 0 unspecified atom stereocenters. The molecule has 0 fully saturated rings. The third-order valence-electron chi connectivity index (χ3n) is 3.02. The quantitative estimate of drug-likeness (QED) is 0.811. The highest BCUT2D eigenvalue weighted by atomic mass is 16.5. The highest BCUT2D eigenvalue weighted by molar-refractivity contribution is 5.43. The molecular weight excluding hydrogens is 248 g/mol. The zero-order valence-corrected chi connectivity index (χ0v) is 12.3. The molecule has 1 aromatic carbocycles. The maximum Gasteiger partial charge on any atom is 0.145 e. The number of aromatic nitrogens is 1. The lowest BCUT2D eigenvalue weighted by atomic mass is 9.85. The van der Waals surface area contributed by atoms with E-state index in [0.29, 0.717) is 11.4 Å². The minimum absolute atomic E-state index is 0.00137. The Bertz CT molecular complexity index is 646. The molecule has 2 rings (SSSR count). The molecule has 0 atom stereocenters. The highest BCUT2D eigenvalue weighted by Gasteiger charge is 2.19. The van der Waals surface area contributed by atoms with Gasteiger partial charge < -0.3 is 4.74 Å². The first-order valence-corrected chi connectivity index (χ1v) is 6.55. The van der Waals surface area contributed by atoms with Gasteiger partial charge in [0.1, 0.15) is 23.3 Å². The fraction of sp³-hybridized carbons (Fsp3) is 0.294. The minimum atomic E-state index is 0.00137. The monoisotopic (exact) mass is 266 g/mol. The van der Waals surface area contributed by atoms with Crippen molar-refractivity contribution in [3.05, 3.63) is 53.3 Å². The number of nitrogens with zero attached hydrogens (tertiary/aromatic N) is 2. The van der Waals surface area contributed by atoms with Crippen LogP contribution in [0.5, 0.6) is 11.5 Å². The van der Waals surface area contributed by atoms with Gasteiger partial charge in [-0.3, -0.25) is 0 Å². The summed E-state index contributed by atoms with van der Waals surface area (Å²) in [5.74, 6) is 1.47. The minimum Gasteiger partial charge on any atom is -0.455 e. The van der Waals surface area contributed by atoms with Crippen molar-refractivity contribution in [2.24, 2.45) is 0 Å². The van der Waals surface area contributed by atoms with Crippen LogP contribution in [0.4, 0.5) is 0 Å². The van der Waals surface area contributed by atoms with Crippen LogP contribution in [0.15, 0.2) is 36.5 Å². The van der Waals surface area contributed by atoms with Crippen LogP contribution < -0.4 is 4.74 Å². The predicted octanol–water partition coefficient (Wildman–Crippen LogP) is 4.35. The van der Waals surface area contributed by atoms with Crippen LogP contribution in [-0.2, 0) is 5.41 Å². The number of hydrogen-bond acceptors (Lipinski definition) is 3. The number of rotatable bonds is 2. The summed E-state index contributed by atoms with van der Waals surface area (Å²) in [6.45, 7) is 8.55. The number of aryl methyl sites for hydroxylation is 1. The number of hydrogen-bond donors (Lipinski definition) is 0. The molecule has 0 bridgehead atoms. The van der Waals surface area contributed by atoms with E-state index >= 15 is 0 Å². The topological polar surface area (TPSA) is 45.9 Å². The van der Waals surface area contributed by atoms with Gasteiger partial charge in [-0.25, -0.2) is 4.98 Å². The van der Waals surface area contributed by atoms with Crippen LogP contribution >= 0.6 is 0 Å². The zero-order chi connectivity index (χ0) is 14.8. The molecule has 0 radical (unpaired) electrons. The van der Waals surface area contributed by atoms with Crippen LogP contribution in [0.25, 0.3) is 0 Å². The maximum atomic E-state index is 8.75. The summed E-state index contributed by atoms with van der Waals surface area (Å²) >= 11 is 0. The molecule has 0 aliphatic rings. The van der Waals surface area contributed by atoms with Crippen molar-refractivity contribution in [3.8, 4) is 17.6 Å². The molecule has 0 aliphatic carbocycles. The van der Waals surface area contributed by atoms with Gasteiger partial charge in [-0.15, -0.1) is 0 Å². The number of nitriles is 1. The van der Waals surface area contributed by atoms with E-state index in [-0.39, 0.29) is 5.41 Å². The standard InChI is InChI=1S/C17H18N2O/c1-12-5-8-16(15(9-12)17(2,3)4)20-14-7-6-13(10-18)19-11-14/h5-9,11H,1-4H3. The summed E-state index contributed by atoms with van der Waals surface area (Å²) in [4.78, 5) is 4.02. The summed E-state index contributed by atoms with van der Waals surface area (Å²) in [7, 11) is 0. The maximum absolute atomic E-state index is 8.75. The molecule has 0 saturated heterocycles. The van der Waals surface area contributed by atoms with Crippen LogP contribution in [0, 0.1) is 18.3 Å². The molecule has 102 valence electrons. The summed E-state index contributed by atoms with van der Waals surface area (Å²) < 4.78 is 5.92. The Morgan fingerprint density at radius 2 is 1.90 bits per heavy atom. The van der Waals surface area contributed by atoms with E-state index in [9.17, 15) is 0 Å². The Hall–Kier alpha value is -2.34. The van der Waals surface area contributed by atoms with E-state index in [2.05, 4.69) is 38.7 Å². The molecule has 0 N–H and O–H groups in total. The summed E-state index contributed by atoms with van der Waals surface area (Å²) in [5, 5.41) is 8.75. The zero-order valence-electron chi connectivity index (χ0n) is 12.3. The smallest absolute Gasteiger partial charge is 0.145 e. The van der Waals surface area contributed by atoms with Crippen molar-refractivity contribution in [3.63, 3.8) is 0 Å². The summed E-state index contributed by atoms with van der Waals surface area (Å²) in [6, 6.07) is 11.6. The van der Waals surface area contributed by atoms with E-state index in [0.717, 1.165) is 11.3 Å². The molecule has 1 aromatic heterocycles. The molecular formula is C17H18N2O. The van der Waals surface area contributed by atoms with Crippen molar-refractivity contribution < 1.29 is 4.74 Å². The average molecular weight is 266 g/mol. The van der Waals surface area contributed by atoms with Crippen molar-refractivity contribution in [2.75, 3.05) is 0 Å². The molecule has 0 spiro atoms. The lowest BCUT2D eigenvalue weighted by molar-refractivity contribution is 0.453. The second-order valence-electron chi connectivity index (χ2n) is 5.84. The molecule has 0 saturated carbocycles. The predicted molar refractivity (Wildman–Crippen MR) is 78.9 cm³/mol. The third kappa shape index (κ3) is 3.16. The molecule has 3 heteroatoms. The van der Waals surface area contributed by atoms with Gasteiger partial charge in [-0.1, -0.05) is 38.5 Å². The Kier molecular flexibility index (Phi) is 3.76. The fourth-order valence-electron chi connectivity index (χ4n) is 1.95. The van der Waals surface area contributed by atoms with Crippen molar-refractivity contribution in [2.45, 2.75) is 33.1 Å². The van der Waals surface area contributed by atoms with Crippen LogP contribution in [0.1, 0.15) is 37.6 Å². The van der Waals surface area contributed by atoms with E-state index in [1.54, 1.807) is 18.3 Å². The Balaban J connectivity index is 2.35. The summed E-state index contributed by atoms with van der Waals surface area (Å²) in [6.07, 6.45) is 1.57. The highest BCUT2D eigenvalue weighted by Crippen LogP contribution is 2.34. The van der Waals surface area contributed by atoms with Gasteiger partial charge in [-0.05, 0) is 30.5 Å². The first-order valence-electron chi connectivity index (χ1n) is 6.55. The van der Waals surface area contributed by atoms with Crippen molar-refractivity contribution in [1.29, 1.82) is 5.26 Å². The molecule has 1 heterocycles. The van der Waals surface area contributed by atoms with Gasteiger partial charge in [0.2, 0.25) is 0 Å². The van der Waals surface area contributed by atoms with Crippen LogP contribution in [0.2, 0.25) is 0 Å². The van der Waals surface area contributed by atoms with Crippen LogP contribution in [0.3, 0.4) is 0 Å². The third-order valence-corrected chi connectivity index (χ3v) is 3.02. The van der Waals surface area contributed by atoms with Crippen molar-refractivity contribution in [1.82, 2.24) is 4.98 Å². The van der Waals surface area contributed by atoms with E-state index < -0.39 is 0 Å². The van der Waals surface area contributed by atoms with Gasteiger partial charge in [0.25, 0.3) is 0 Å². The SMILES string of the molecule is Cc1ccc(Oc2ccc(C#N)nc2)c(C(C)(C)C)c1. The molecule has 3 nitrogen and oxygen atoms in total. The van der Waals surface area contributed by atoms with Gasteiger partial charge in [0.15, 0.2) is 0 Å². The van der Waals surface area contributed by atoms with E-state index in [1.807, 2.05) is 18.2 Å². The average Bonchev–Trinajstić information content (AvgIpc) is 2.40. The first kappa shape index (κ1) is 14.1. The van der Waals surface area contributed by atoms with Gasteiger partial charge >= 0.3 is 0 Å². The molecule has 0 amide bonds. The molecule has 20 heavy (non-hydrogen) atoms. The largest absolute Gasteiger partial charge is 0.455 e. The van der Waals surface area contributed by atoms with Crippen molar-refractivity contribution >= 4 is 0 Å². The Labute approximate surface area is 119 Å². The Morgan fingerprint density at radius 1 is 1.15 bits per heavy atom. The Morgan fingerprint density at radius 3 is 2.45 bits per heavy atom. The van der Waals surface area contributed by atoms with Gasteiger partial charge in [0, 0.05) is 5.56 Å². The number of ether oxygens (including phenoxy) is 1. The van der Waals surface area contributed by atoms with Crippen LogP contribution in [-0.4, -0.2) is 4.98 Å². The lowest BCUT2D eigenvalue weighted by Gasteiger charge is -2.23. The number of pyridine rings is 1. The summed E-state index contributed by atoms with van der Waals surface area (Å²) in [5.41, 5.74) is 2.75. The second-order valence-corrected chi connectivity index (χ2v) is 5.84. The van der Waals surface area contributed by atoms with E-state index in [4.69, 9.17) is 10.00 Å². The fourth-order valence-corrected chi connectivity index (χ4v) is 1.95. The first-order chi connectivity index (χ1) is 9.40. The molecule has 2 aromatic rings. The molecule has 0 aliphatic heterocycles.